The molecule has 1 aliphatic carbocycles. The predicted octanol–water partition coefficient (Wildman–Crippen LogP) is 2.92. The summed E-state index contributed by atoms with van der Waals surface area (Å²) < 4.78 is 11.1. The standard InChI is InChI=1S/C16H19N3O2/c1-2-20-14-5-7-15(8-6-14)21-16-11-17-9-13(19-16)10-18-12-3-4-12/h5-9,11-12,18H,2-4,10H2,1H3. The Morgan fingerprint density at radius 3 is 2.62 bits per heavy atom. The first kappa shape index (κ1) is 13.8. The van der Waals surface area contributed by atoms with Gasteiger partial charge in [0, 0.05) is 18.8 Å². The number of hydrogen-bond donors (Lipinski definition) is 1. The summed E-state index contributed by atoms with van der Waals surface area (Å²) in [5.41, 5.74) is 0.894. The quantitative estimate of drug-likeness (QED) is 0.847. The molecule has 0 spiro atoms. The summed E-state index contributed by atoms with van der Waals surface area (Å²) in [4.78, 5) is 8.62. The van der Waals surface area contributed by atoms with Crippen LogP contribution >= 0.6 is 0 Å². The number of nitrogens with one attached hydrogen (secondary N) is 1. The number of aromatic nitrogens is 2. The van der Waals surface area contributed by atoms with Crippen molar-refractivity contribution in [3.05, 3.63) is 42.4 Å². The Balaban J connectivity index is 1.61. The molecule has 1 aromatic carbocycles. The van der Waals surface area contributed by atoms with Crippen LogP contribution in [-0.4, -0.2) is 22.6 Å². The zero-order valence-electron chi connectivity index (χ0n) is 12.1. The monoisotopic (exact) mass is 285 g/mol. The molecule has 0 aliphatic heterocycles. The Bertz CT molecular complexity index is 582. The van der Waals surface area contributed by atoms with Crippen LogP contribution in [0.15, 0.2) is 36.7 Å². The Morgan fingerprint density at radius 1 is 1.14 bits per heavy atom. The lowest BCUT2D eigenvalue weighted by atomic mass is 10.3. The fourth-order valence-corrected chi connectivity index (χ4v) is 1.95. The zero-order chi connectivity index (χ0) is 14.5. The van der Waals surface area contributed by atoms with E-state index in [-0.39, 0.29) is 0 Å². The van der Waals surface area contributed by atoms with Crippen LogP contribution in [0.5, 0.6) is 17.4 Å². The molecule has 21 heavy (non-hydrogen) atoms. The second-order valence-corrected chi connectivity index (χ2v) is 5.01. The first-order valence-corrected chi connectivity index (χ1v) is 7.28. The van der Waals surface area contributed by atoms with Crippen LogP contribution in [0, 0.1) is 0 Å². The van der Waals surface area contributed by atoms with Gasteiger partial charge in [-0.15, -0.1) is 0 Å². The summed E-state index contributed by atoms with van der Waals surface area (Å²) in [5, 5.41) is 3.41. The van der Waals surface area contributed by atoms with Crippen LogP contribution in [0.3, 0.4) is 0 Å². The lowest BCUT2D eigenvalue weighted by molar-refractivity contribution is 0.339. The van der Waals surface area contributed by atoms with Crippen LogP contribution in [0.25, 0.3) is 0 Å². The number of hydrogen-bond acceptors (Lipinski definition) is 5. The van der Waals surface area contributed by atoms with E-state index >= 15 is 0 Å². The van der Waals surface area contributed by atoms with Crippen LogP contribution in [0.4, 0.5) is 0 Å². The average Bonchev–Trinajstić information content (AvgIpc) is 3.32. The Hall–Kier alpha value is -2.14. The van der Waals surface area contributed by atoms with E-state index in [0.717, 1.165) is 23.7 Å². The summed E-state index contributed by atoms with van der Waals surface area (Å²) in [6.45, 7) is 3.35. The third-order valence-electron chi connectivity index (χ3n) is 3.17. The molecule has 2 aromatic rings. The SMILES string of the molecule is CCOc1ccc(Oc2cncc(CNC3CC3)n2)cc1. The van der Waals surface area contributed by atoms with Crippen LogP contribution in [-0.2, 0) is 6.54 Å². The molecule has 1 fully saturated rings. The molecule has 0 saturated heterocycles. The third-order valence-corrected chi connectivity index (χ3v) is 3.17. The normalized spacial score (nSPS) is 14.0. The van der Waals surface area contributed by atoms with Crippen molar-refractivity contribution in [2.24, 2.45) is 0 Å². The van der Waals surface area contributed by atoms with Crippen molar-refractivity contribution in [2.75, 3.05) is 6.61 Å². The summed E-state index contributed by atoms with van der Waals surface area (Å²) in [7, 11) is 0. The lowest BCUT2D eigenvalue weighted by Gasteiger charge is -2.08. The van der Waals surface area contributed by atoms with E-state index in [0.29, 0.717) is 18.5 Å². The van der Waals surface area contributed by atoms with E-state index in [1.54, 1.807) is 12.4 Å². The maximum atomic E-state index is 5.72. The molecule has 0 radical (unpaired) electrons. The maximum absolute atomic E-state index is 5.72. The van der Waals surface area contributed by atoms with E-state index in [1.807, 2.05) is 31.2 Å². The van der Waals surface area contributed by atoms with Gasteiger partial charge in [0.1, 0.15) is 11.5 Å². The minimum Gasteiger partial charge on any atom is -0.494 e. The molecule has 1 N–H and O–H groups in total. The minimum absolute atomic E-state index is 0.509. The first-order valence-electron chi connectivity index (χ1n) is 7.28. The minimum atomic E-state index is 0.509. The Labute approximate surface area is 124 Å². The van der Waals surface area contributed by atoms with Gasteiger partial charge in [-0.25, -0.2) is 4.98 Å². The van der Waals surface area contributed by atoms with Crippen LogP contribution in [0.2, 0.25) is 0 Å². The zero-order valence-corrected chi connectivity index (χ0v) is 12.1. The van der Waals surface area contributed by atoms with Gasteiger partial charge in [-0.3, -0.25) is 4.98 Å². The molecule has 0 bridgehead atoms. The highest BCUT2D eigenvalue weighted by Crippen LogP contribution is 2.22. The van der Waals surface area contributed by atoms with Crippen molar-refractivity contribution in [3.63, 3.8) is 0 Å². The highest BCUT2D eigenvalue weighted by Gasteiger charge is 2.20. The van der Waals surface area contributed by atoms with Gasteiger partial charge in [0.25, 0.3) is 0 Å². The lowest BCUT2D eigenvalue weighted by Crippen LogP contribution is -2.16. The molecule has 0 atom stereocenters. The van der Waals surface area contributed by atoms with Crippen molar-refractivity contribution < 1.29 is 9.47 Å². The second-order valence-electron chi connectivity index (χ2n) is 5.01. The van der Waals surface area contributed by atoms with Crippen LogP contribution < -0.4 is 14.8 Å². The third kappa shape index (κ3) is 4.16. The van der Waals surface area contributed by atoms with Gasteiger partial charge in [-0.2, -0.15) is 0 Å². The number of benzene rings is 1. The van der Waals surface area contributed by atoms with Gasteiger partial charge in [-0.1, -0.05) is 0 Å². The van der Waals surface area contributed by atoms with Crippen LogP contribution in [0.1, 0.15) is 25.5 Å². The highest BCUT2D eigenvalue weighted by molar-refractivity contribution is 5.33. The molecule has 1 heterocycles. The molecule has 110 valence electrons. The first-order chi connectivity index (χ1) is 10.3. The Morgan fingerprint density at radius 2 is 1.90 bits per heavy atom. The molecule has 1 aliphatic rings. The van der Waals surface area contributed by atoms with E-state index in [2.05, 4.69) is 15.3 Å². The number of ether oxygens (including phenoxy) is 2. The molecule has 0 unspecified atom stereocenters. The molecule has 5 heteroatoms. The number of rotatable bonds is 7. The molecular weight excluding hydrogens is 266 g/mol. The topological polar surface area (TPSA) is 56.3 Å². The van der Waals surface area contributed by atoms with Gasteiger partial charge < -0.3 is 14.8 Å². The fourth-order valence-electron chi connectivity index (χ4n) is 1.95. The summed E-state index contributed by atoms with van der Waals surface area (Å²) >= 11 is 0. The van der Waals surface area contributed by atoms with Gasteiger partial charge in [0.05, 0.1) is 18.5 Å². The molecular formula is C16H19N3O2. The van der Waals surface area contributed by atoms with Crippen molar-refractivity contribution in [2.45, 2.75) is 32.4 Å². The summed E-state index contributed by atoms with van der Waals surface area (Å²) in [6.07, 6.45) is 5.91. The summed E-state index contributed by atoms with van der Waals surface area (Å²) in [5.74, 6) is 2.06. The fraction of sp³-hybridized carbons (Fsp3) is 0.375. The highest BCUT2D eigenvalue weighted by atomic mass is 16.5. The van der Waals surface area contributed by atoms with E-state index in [9.17, 15) is 0 Å². The molecule has 3 rings (SSSR count). The van der Waals surface area contributed by atoms with E-state index in [4.69, 9.17) is 9.47 Å². The van der Waals surface area contributed by atoms with Crippen molar-refractivity contribution in [3.8, 4) is 17.4 Å². The molecule has 0 amide bonds. The van der Waals surface area contributed by atoms with Crippen molar-refractivity contribution in [1.29, 1.82) is 0 Å². The molecule has 1 saturated carbocycles. The van der Waals surface area contributed by atoms with Gasteiger partial charge >= 0.3 is 0 Å². The van der Waals surface area contributed by atoms with Crippen molar-refractivity contribution >= 4 is 0 Å². The second kappa shape index (κ2) is 6.54. The smallest absolute Gasteiger partial charge is 0.238 e. The molecule has 1 aromatic heterocycles. The Kier molecular flexibility index (Phi) is 4.31. The molecule has 5 nitrogen and oxygen atoms in total. The average molecular weight is 285 g/mol. The van der Waals surface area contributed by atoms with E-state index in [1.165, 1.54) is 12.8 Å². The van der Waals surface area contributed by atoms with E-state index < -0.39 is 0 Å². The maximum Gasteiger partial charge on any atom is 0.238 e. The van der Waals surface area contributed by atoms with Crippen molar-refractivity contribution in [1.82, 2.24) is 15.3 Å². The predicted molar refractivity (Wildman–Crippen MR) is 79.6 cm³/mol. The van der Waals surface area contributed by atoms with Gasteiger partial charge in [-0.05, 0) is 44.0 Å². The van der Waals surface area contributed by atoms with Gasteiger partial charge in [0.15, 0.2) is 0 Å². The summed E-state index contributed by atoms with van der Waals surface area (Å²) in [6, 6.07) is 8.14. The number of nitrogens with zero attached hydrogens (tertiary/aromatic N) is 2. The van der Waals surface area contributed by atoms with Gasteiger partial charge in [0.2, 0.25) is 5.88 Å². The largest absolute Gasteiger partial charge is 0.494 e.